The third-order valence-electron chi connectivity index (χ3n) is 8.28. The topological polar surface area (TPSA) is 125 Å². The average molecular weight is 660 g/mol. The van der Waals surface area contributed by atoms with Gasteiger partial charge in [-0.15, -0.1) is 0 Å². The molecule has 6 rings (SSSR count). The molecule has 3 aromatic rings. The Labute approximate surface area is 268 Å². The van der Waals surface area contributed by atoms with Crippen molar-refractivity contribution in [1.82, 2.24) is 24.6 Å². The number of benzene rings is 1. The number of pyridine rings is 1. The van der Waals surface area contributed by atoms with Crippen LogP contribution in [0.5, 0.6) is 5.75 Å². The van der Waals surface area contributed by atoms with Gasteiger partial charge in [-0.25, -0.2) is 9.48 Å². The van der Waals surface area contributed by atoms with Crippen LogP contribution in [0.4, 0.5) is 13.6 Å². The van der Waals surface area contributed by atoms with Crippen LogP contribution < -0.4 is 4.74 Å². The number of nitrogens with zero attached hydrogens (tertiary/aromatic N) is 5. The minimum absolute atomic E-state index is 0.00658. The number of carbonyl (C=O) groups is 3. The summed E-state index contributed by atoms with van der Waals surface area (Å²) in [5.74, 6) is -1.04. The second kappa shape index (κ2) is 14.0. The number of hydrogen-bond acceptors (Lipinski definition) is 9. The molecule has 3 aliphatic heterocycles. The highest BCUT2D eigenvalue weighted by molar-refractivity contribution is 6.30. The van der Waals surface area contributed by atoms with Crippen LogP contribution in [-0.2, 0) is 25.5 Å². The molecular formula is C31H32ClF2N5O7. The SMILES string of the molecule is O=C(OCN(Cc1ccc(Cl)cc1)C(=O)c1cc(O[C@H]2CCN3C(=O)OC[C@@H]3C2)c(-c2cnn(C(F)F)c2)cn1)C1CCOCC1. The molecule has 3 aliphatic rings. The van der Waals surface area contributed by atoms with Gasteiger partial charge in [0.05, 0.1) is 18.2 Å². The largest absolute Gasteiger partial charge is 0.489 e. The van der Waals surface area contributed by atoms with Crippen LogP contribution in [0.15, 0.2) is 48.9 Å². The quantitative estimate of drug-likeness (QED) is 0.220. The fourth-order valence-electron chi connectivity index (χ4n) is 5.74. The zero-order valence-corrected chi connectivity index (χ0v) is 25.5. The van der Waals surface area contributed by atoms with Crippen LogP contribution >= 0.6 is 11.6 Å². The predicted molar refractivity (Wildman–Crippen MR) is 158 cm³/mol. The number of hydrogen-bond donors (Lipinski definition) is 0. The van der Waals surface area contributed by atoms with E-state index in [1.807, 2.05) is 0 Å². The molecule has 2 amide bonds. The Balaban J connectivity index is 1.27. The Bertz CT molecular complexity index is 1570. The second-order valence-corrected chi connectivity index (χ2v) is 11.8. The van der Waals surface area contributed by atoms with Gasteiger partial charge in [0.2, 0.25) is 0 Å². The number of esters is 1. The molecule has 0 bridgehead atoms. The molecule has 15 heteroatoms. The standard InChI is InChI=1S/C31H32ClF2N5O7/c32-22-3-1-19(2-4-22)15-37(18-45-29(41)20-6-9-43-10-7-20)28(40)26-12-27(25(14-35-26)21-13-36-39(16-21)30(33)34)46-24-5-8-38-23(11-24)17-44-31(38)42/h1-4,12-14,16,20,23-24,30H,5-11,15,17-18H2/t23-,24-/m0/s1. The van der Waals surface area contributed by atoms with E-state index in [9.17, 15) is 23.2 Å². The van der Waals surface area contributed by atoms with Crippen LogP contribution in [0.25, 0.3) is 11.1 Å². The number of piperidine rings is 1. The van der Waals surface area contributed by atoms with Gasteiger partial charge in [0.25, 0.3) is 5.91 Å². The molecule has 3 fully saturated rings. The first-order chi connectivity index (χ1) is 22.2. The Morgan fingerprint density at radius 2 is 1.91 bits per heavy atom. The van der Waals surface area contributed by atoms with Crippen LogP contribution in [0.3, 0.4) is 0 Å². The maximum Gasteiger partial charge on any atom is 0.410 e. The first kappa shape index (κ1) is 31.7. The van der Waals surface area contributed by atoms with Gasteiger partial charge >= 0.3 is 18.6 Å². The third kappa shape index (κ3) is 7.23. The summed E-state index contributed by atoms with van der Waals surface area (Å²) >= 11 is 6.06. The molecular weight excluding hydrogens is 628 g/mol. The number of amides is 2. The lowest BCUT2D eigenvalue weighted by molar-refractivity contribution is -0.155. The van der Waals surface area contributed by atoms with Crippen molar-refractivity contribution in [1.29, 1.82) is 0 Å². The van der Waals surface area contributed by atoms with Crippen molar-refractivity contribution >= 4 is 29.6 Å². The zero-order valence-electron chi connectivity index (χ0n) is 24.7. The van der Waals surface area contributed by atoms with Gasteiger partial charge < -0.3 is 23.8 Å². The van der Waals surface area contributed by atoms with Gasteiger partial charge in [0.1, 0.15) is 24.2 Å². The predicted octanol–water partition coefficient (Wildman–Crippen LogP) is 4.93. The van der Waals surface area contributed by atoms with Crippen molar-refractivity contribution in [3.63, 3.8) is 0 Å². The zero-order chi connectivity index (χ0) is 32.2. The molecule has 0 spiro atoms. The number of cyclic esters (lactones) is 1. The van der Waals surface area contributed by atoms with Gasteiger partial charge in [0.15, 0.2) is 6.73 Å². The number of halogens is 3. The van der Waals surface area contributed by atoms with Crippen LogP contribution in [-0.4, -0.2) is 87.8 Å². The lowest BCUT2D eigenvalue weighted by Gasteiger charge is -2.33. The van der Waals surface area contributed by atoms with Crippen molar-refractivity contribution in [2.24, 2.45) is 5.92 Å². The van der Waals surface area contributed by atoms with E-state index in [1.165, 1.54) is 29.6 Å². The number of alkyl halides is 2. The highest BCUT2D eigenvalue weighted by Gasteiger charge is 2.39. The number of carbonyl (C=O) groups excluding carboxylic acids is 3. The molecule has 2 atom stereocenters. The number of ether oxygens (including phenoxy) is 4. The molecule has 12 nitrogen and oxygen atoms in total. The van der Waals surface area contributed by atoms with Crippen LogP contribution in [0, 0.1) is 5.92 Å². The minimum Gasteiger partial charge on any atom is -0.489 e. The number of fused-ring (bicyclic) bond motifs is 1. The fraction of sp³-hybridized carbons (Fsp3) is 0.452. The second-order valence-electron chi connectivity index (χ2n) is 11.3. The van der Waals surface area contributed by atoms with E-state index in [1.54, 1.807) is 29.2 Å². The first-order valence-electron chi connectivity index (χ1n) is 15.0. The van der Waals surface area contributed by atoms with E-state index < -0.39 is 18.4 Å². The maximum absolute atomic E-state index is 14.0. The van der Waals surface area contributed by atoms with Crippen molar-refractivity contribution in [2.45, 2.75) is 50.9 Å². The average Bonchev–Trinajstić information content (AvgIpc) is 3.71. The summed E-state index contributed by atoms with van der Waals surface area (Å²) in [4.78, 5) is 46.2. The fourth-order valence-corrected chi connectivity index (χ4v) is 5.87. The molecule has 0 saturated carbocycles. The molecule has 0 unspecified atom stereocenters. The summed E-state index contributed by atoms with van der Waals surface area (Å²) in [6.07, 6.45) is 5.16. The van der Waals surface area contributed by atoms with E-state index in [0.29, 0.717) is 66.3 Å². The van der Waals surface area contributed by atoms with Gasteiger partial charge in [-0.3, -0.25) is 19.5 Å². The lowest BCUT2D eigenvalue weighted by Crippen LogP contribution is -2.44. The normalized spacial score (nSPS) is 19.9. The van der Waals surface area contributed by atoms with Gasteiger partial charge in [-0.1, -0.05) is 23.7 Å². The van der Waals surface area contributed by atoms with Gasteiger partial charge in [-0.2, -0.15) is 13.9 Å². The molecule has 0 N–H and O–H groups in total. The van der Waals surface area contributed by atoms with Crippen molar-refractivity contribution in [3.8, 4) is 16.9 Å². The van der Waals surface area contributed by atoms with Crippen molar-refractivity contribution in [3.05, 3.63) is 65.2 Å². The monoisotopic (exact) mass is 659 g/mol. The maximum atomic E-state index is 14.0. The van der Waals surface area contributed by atoms with E-state index in [0.717, 1.165) is 5.56 Å². The Hall–Kier alpha value is -4.30. The van der Waals surface area contributed by atoms with Crippen LogP contribution in [0.1, 0.15) is 48.3 Å². The number of aromatic nitrogens is 3. The third-order valence-corrected chi connectivity index (χ3v) is 8.54. The molecule has 0 aliphatic carbocycles. The Morgan fingerprint density at radius 3 is 2.65 bits per heavy atom. The summed E-state index contributed by atoms with van der Waals surface area (Å²) < 4.78 is 49.7. The van der Waals surface area contributed by atoms with Gasteiger partial charge in [0, 0.05) is 73.8 Å². The van der Waals surface area contributed by atoms with Crippen molar-refractivity contribution < 1.29 is 42.1 Å². The summed E-state index contributed by atoms with van der Waals surface area (Å²) in [7, 11) is 0. The minimum atomic E-state index is -2.85. The van der Waals surface area contributed by atoms with Gasteiger partial charge in [-0.05, 0) is 30.5 Å². The summed E-state index contributed by atoms with van der Waals surface area (Å²) in [6.45, 7) is -1.48. The number of rotatable bonds is 10. The summed E-state index contributed by atoms with van der Waals surface area (Å²) in [6, 6.07) is 8.21. The smallest absolute Gasteiger partial charge is 0.410 e. The van der Waals surface area contributed by atoms with Crippen LogP contribution in [0.2, 0.25) is 5.02 Å². The molecule has 2 aromatic heterocycles. The molecule has 1 aromatic carbocycles. The van der Waals surface area contributed by atoms with E-state index in [-0.39, 0.29) is 55.5 Å². The highest BCUT2D eigenvalue weighted by atomic mass is 35.5. The lowest BCUT2D eigenvalue weighted by atomic mass is 10.0. The first-order valence-corrected chi connectivity index (χ1v) is 15.3. The highest BCUT2D eigenvalue weighted by Crippen LogP contribution is 2.34. The van der Waals surface area contributed by atoms with Crippen molar-refractivity contribution in [2.75, 3.05) is 33.1 Å². The molecule has 3 saturated heterocycles. The molecule has 244 valence electrons. The summed E-state index contributed by atoms with van der Waals surface area (Å²) in [5, 5.41) is 4.26. The van der Waals surface area contributed by atoms with E-state index >= 15 is 0 Å². The Kier molecular flexibility index (Phi) is 9.64. The van der Waals surface area contributed by atoms with E-state index in [2.05, 4.69) is 10.1 Å². The molecule has 5 heterocycles. The Morgan fingerprint density at radius 1 is 1.13 bits per heavy atom. The molecule has 46 heavy (non-hydrogen) atoms. The molecule has 0 radical (unpaired) electrons. The van der Waals surface area contributed by atoms with E-state index in [4.69, 9.17) is 30.5 Å². The summed E-state index contributed by atoms with van der Waals surface area (Å²) in [5.41, 5.74) is 1.42.